The first kappa shape index (κ1) is 30.1. The van der Waals surface area contributed by atoms with Gasteiger partial charge in [0, 0.05) is 7.11 Å². The van der Waals surface area contributed by atoms with Crippen molar-refractivity contribution in [1.29, 1.82) is 0 Å². The van der Waals surface area contributed by atoms with E-state index >= 15 is 0 Å². The lowest BCUT2D eigenvalue weighted by atomic mass is 9.82. The number of carbonyl (C=O) groups excluding carboxylic acids is 1. The van der Waals surface area contributed by atoms with Gasteiger partial charge in [-0.25, -0.2) is 4.79 Å². The van der Waals surface area contributed by atoms with Gasteiger partial charge in [0.15, 0.2) is 0 Å². The van der Waals surface area contributed by atoms with Crippen LogP contribution in [0.2, 0.25) is 24.7 Å². The molecule has 4 heteroatoms. The van der Waals surface area contributed by atoms with Crippen LogP contribution < -0.4 is 0 Å². The van der Waals surface area contributed by atoms with Gasteiger partial charge in [-0.15, -0.1) is 0 Å². The number of ether oxygens (including phenoxy) is 2. The molecule has 170 valence electrons. The largest absolute Gasteiger partial charge is 0.458 e. The van der Waals surface area contributed by atoms with Crippen molar-refractivity contribution in [3.05, 3.63) is 35.9 Å². The van der Waals surface area contributed by atoms with Crippen molar-refractivity contribution >= 4 is 14.0 Å². The molecule has 0 atom stereocenters. The van der Waals surface area contributed by atoms with Crippen LogP contribution in [0.1, 0.15) is 74.3 Å². The number of carbonyl (C=O) groups is 1. The van der Waals surface area contributed by atoms with Crippen molar-refractivity contribution in [1.82, 2.24) is 0 Å². The second-order valence-corrected chi connectivity index (χ2v) is 15.6. The first-order valence-corrected chi connectivity index (χ1v) is 14.4. The number of hydrogen-bond acceptors (Lipinski definition) is 3. The van der Waals surface area contributed by atoms with Crippen LogP contribution in [0.25, 0.3) is 0 Å². The summed E-state index contributed by atoms with van der Waals surface area (Å²) >= 11 is 0. The molecule has 1 rings (SSSR count). The Morgan fingerprint density at radius 1 is 0.931 bits per heavy atom. The zero-order valence-corrected chi connectivity index (χ0v) is 22.5. The molecule has 29 heavy (non-hydrogen) atoms. The predicted molar refractivity (Wildman–Crippen MR) is 131 cm³/mol. The van der Waals surface area contributed by atoms with Gasteiger partial charge in [0.1, 0.15) is 12.2 Å². The van der Waals surface area contributed by atoms with E-state index < -0.39 is 13.7 Å². The molecular weight excluding hydrogens is 376 g/mol. The molecule has 0 aliphatic carbocycles. The average molecular weight is 425 g/mol. The van der Waals surface area contributed by atoms with E-state index in [9.17, 15) is 4.79 Å². The van der Waals surface area contributed by atoms with Crippen molar-refractivity contribution in [2.24, 2.45) is 0 Å². The number of rotatable bonds is 7. The van der Waals surface area contributed by atoms with Crippen LogP contribution in [-0.2, 0) is 19.7 Å². The summed E-state index contributed by atoms with van der Waals surface area (Å²) in [6, 6.07) is 10.7. The second kappa shape index (κ2) is 12.5. The second-order valence-electron chi connectivity index (χ2n) is 9.90. The van der Waals surface area contributed by atoms with Crippen LogP contribution in [0.15, 0.2) is 30.3 Å². The molecule has 0 aromatic heterocycles. The molecule has 0 heterocycles. The maximum atomic E-state index is 11.5. The Bertz CT molecular complexity index is 569. The Kier molecular flexibility index (Phi) is 13.0. The van der Waals surface area contributed by atoms with Crippen LogP contribution >= 0.6 is 0 Å². The minimum Gasteiger partial charge on any atom is -0.458 e. The summed E-state index contributed by atoms with van der Waals surface area (Å²) in [5, 5.41) is 0.00337. The Hall–Kier alpha value is -1.13. The highest BCUT2D eigenvalue weighted by Crippen LogP contribution is 2.48. The molecule has 0 bridgehead atoms. The summed E-state index contributed by atoms with van der Waals surface area (Å²) in [4.78, 5) is 11.5. The molecule has 0 saturated heterocycles. The van der Waals surface area contributed by atoms with Gasteiger partial charge >= 0.3 is 5.97 Å². The maximum Gasteiger partial charge on any atom is 0.332 e. The highest BCUT2D eigenvalue weighted by molar-refractivity contribution is 6.79. The van der Waals surface area contributed by atoms with Gasteiger partial charge in [0.05, 0.1) is 8.07 Å². The molecule has 3 nitrogen and oxygen atoms in total. The standard InChI is InChI=1S/C12H26O3Si.C11H16.C2H6/c1-11(2,15-10(13)9-14-5)12(3,4)16(6,7)8;1-4-11(2,3)10-8-6-5-7-9-10;1-2/h9H2,1-8H3;5-9H,4H2,1-3H3;1-2H3. The Morgan fingerprint density at radius 2 is 1.38 bits per heavy atom. The maximum absolute atomic E-state index is 11.5. The molecule has 0 N–H and O–H groups in total. The van der Waals surface area contributed by atoms with Crippen molar-refractivity contribution in [2.45, 2.75) is 104 Å². The molecule has 1 aromatic carbocycles. The number of hydrogen-bond donors (Lipinski definition) is 0. The highest BCUT2D eigenvalue weighted by atomic mass is 28.3. The zero-order chi connectivity index (χ0) is 23.5. The third-order valence-electron chi connectivity index (χ3n) is 6.45. The third kappa shape index (κ3) is 9.48. The summed E-state index contributed by atoms with van der Waals surface area (Å²) in [7, 11) is 0.0698. The van der Waals surface area contributed by atoms with Gasteiger partial charge < -0.3 is 9.47 Å². The summed E-state index contributed by atoms with van der Waals surface area (Å²) in [5.74, 6) is -0.293. The smallest absolute Gasteiger partial charge is 0.332 e. The van der Waals surface area contributed by atoms with Gasteiger partial charge in [0.2, 0.25) is 0 Å². The molecule has 0 aliphatic heterocycles. The van der Waals surface area contributed by atoms with Crippen molar-refractivity contribution in [2.75, 3.05) is 13.7 Å². The van der Waals surface area contributed by atoms with Crippen LogP contribution in [0.4, 0.5) is 0 Å². The fourth-order valence-corrected chi connectivity index (χ4v) is 4.41. The predicted octanol–water partition coefficient (Wildman–Crippen LogP) is 7.47. The zero-order valence-electron chi connectivity index (χ0n) is 21.5. The molecule has 1 aromatic rings. The fourth-order valence-electron chi connectivity index (χ4n) is 2.56. The quantitative estimate of drug-likeness (QED) is 0.336. The molecule has 0 saturated carbocycles. The number of esters is 1. The first-order valence-electron chi connectivity index (χ1n) is 10.9. The summed E-state index contributed by atoms with van der Waals surface area (Å²) in [5.41, 5.74) is 1.30. The summed E-state index contributed by atoms with van der Waals surface area (Å²) in [6.07, 6.45) is 1.19. The normalized spacial score (nSPS) is 12.2. The Morgan fingerprint density at radius 3 is 1.72 bits per heavy atom. The van der Waals surface area contributed by atoms with Crippen LogP contribution in [-0.4, -0.2) is 33.4 Å². The Balaban J connectivity index is 0. The van der Waals surface area contributed by atoms with Gasteiger partial charge in [0.25, 0.3) is 0 Å². The van der Waals surface area contributed by atoms with Crippen LogP contribution in [0, 0.1) is 0 Å². The number of methoxy groups -OCH3 is 1. The minimum atomic E-state index is -1.43. The molecule has 0 aliphatic rings. The third-order valence-corrected chi connectivity index (χ3v) is 10.8. The van der Waals surface area contributed by atoms with Gasteiger partial charge in [-0.05, 0) is 36.3 Å². The van der Waals surface area contributed by atoms with E-state index in [1.54, 1.807) is 0 Å². The van der Waals surface area contributed by atoms with E-state index in [0.717, 1.165) is 0 Å². The molecule has 0 unspecified atom stereocenters. The lowest BCUT2D eigenvalue weighted by molar-refractivity contribution is -0.164. The van der Waals surface area contributed by atoms with Crippen molar-refractivity contribution < 1.29 is 14.3 Å². The van der Waals surface area contributed by atoms with Crippen molar-refractivity contribution in [3.63, 3.8) is 0 Å². The van der Waals surface area contributed by atoms with Gasteiger partial charge in [-0.1, -0.05) is 98.4 Å². The molecule has 0 amide bonds. The number of benzene rings is 1. The highest BCUT2D eigenvalue weighted by Gasteiger charge is 2.49. The topological polar surface area (TPSA) is 35.5 Å². The van der Waals surface area contributed by atoms with Crippen molar-refractivity contribution in [3.8, 4) is 0 Å². The molecule has 0 radical (unpaired) electrons. The van der Waals surface area contributed by atoms with E-state index in [2.05, 4.69) is 84.6 Å². The van der Waals surface area contributed by atoms with Gasteiger partial charge in [-0.3, -0.25) is 0 Å². The van der Waals surface area contributed by atoms with E-state index in [0.29, 0.717) is 5.41 Å². The van der Waals surface area contributed by atoms with Crippen LogP contribution in [0.5, 0.6) is 0 Å². The lowest BCUT2D eigenvalue weighted by Crippen LogP contribution is -2.51. The first-order chi connectivity index (χ1) is 13.1. The van der Waals surface area contributed by atoms with E-state index in [1.807, 2.05) is 27.7 Å². The molecule has 0 spiro atoms. The summed E-state index contributed by atoms with van der Waals surface area (Å²) in [6.45, 7) is 26.0. The Labute approximate surface area is 182 Å². The van der Waals surface area contributed by atoms with E-state index in [4.69, 9.17) is 9.47 Å². The monoisotopic (exact) mass is 424 g/mol. The van der Waals surface area contributed by atoms with Crippen LogP contribution in [0.3, 0.4) is 0 Å². The van der Waals surface area contributed by atoms with Gasteiger partial charge in [-0.2, -0.15) is 0 Å². The average Bonchev–Trinajstić information content (AvgIpc) is 2.63. The minimum absolute atomic E-state index is 0.00337. The lowest BCUT2D eigenvalue weighted by Gasteiger charge is -2.48. The SMILES string of the molecule is CC.CCC(C)(C)c1ccccc1.COCC(=O)OC(C)(C)C(C)(C)[Si](C)(C)C. The summed E-state index contributed by atoms with van der Waals surface area (Å²) < 4.78 is 10.3. The molecule has 0 fully saturated rings. The fraction of sp³-hybridized carbons (Fsp3) is 0.720. The van der Waals surface area contributed by atoms with E-state index in [-0.39, 0.29) is 17.6 Å². The molecular formula is C25H48O3Si. The van der Waals surface area contributed by atoms with E-state index in [1.165, 1.54) is 19.1 Å².